The van der Waals surface area contributed by atoms with Crippen LogP contribution in [0.5, 0.6) is 0 Å². The fourth-order valence-electron chi connectivity index (χ4n) is 1.34. The number of pyridine rings is 1. The predicted octanol–water partition coefficient (Wildman–Crippen LogP) is 2.72. The summed E-state index contributed by atoms with van der Waals surface area (Å²) in [7, 11) is 0. The Morgan fingerprint density at radius 1 is 1.06 bits per heavy atom. The molecule has 0 aliphatic rings. The molecule has 1 heterocycles. The van der Waals surface area contributed by atoms with E-state index in [-0.39, 0.29) is 5.78 Å². The molecule has 18 heavy (non-hydrogen) atoms. The number of carbonyl (C=O) groups is 1. The molecule has 0 aliphatic heterocycles. The van der Waals surface area contributed by atoms with Crippen molar-refractivity contribution in [2.45, 2.75) is 0 Å². The minimum Gasteiger partial charge on any atom is -0.280 e. The second kappa shape index (κ2) is 6.17. The van der Waals surface area contributed by atoms with Crippen molar-refractivity contribution in [3.8, 4) is 11.8 Å². The molecule has 0 N–H and O–H groups in total. The topological polar surface area (TPSA) is 30.0 Å². The van der Waals surface area contributed by atoms with Gasteiger partial charge in [-0.2, -0.15) is 0 Å². The third kappa shape index (κ3) is 3.73. The molecule has 1 aromatic carbocycles. The van der Waals surface area contributed by atoms with Gasteiger partial charge in [0.15, 0.2) is 0 Å². The van der Waals surface area contributed by atoms with Crippen molar-refractivity contribution in [1.82, 2.24) is 4.98 Å². The Hall–Kier alpha value is -2.66. The van der Waals surface area contributed by atoms with E-state index < -0.39 is 0 Å². The second-order valence-corrected chi connectivity index (χ2v) is 3.57. The molecular weight excluding hydrogens is 222 g/mol. The van der Waals surface area contributed by atoms with Crippen molar-refractivity contribution < 1.29 is 4.79 Å². The second-order valence-electron chi connectivity index (χ2n) is 3.57. The molecule has 0 fully saturated rings. The van der Waals surface area contributed by atoms with Crippen LogP contribution in [0.2, 0.25) is 0 Å². The van der Waals surface area contributed by atoms with Crippen molar-refractivity contribution in [2.75, 3.05) is 0 Å². The Bertz CT molecular complexity index is 604. The Kier molecular flexibility index (Phi) is 4.05. The first-order chi connectivity index (χ1) is 8.84. The highest BCUT2D eigenvalue weighted by Gasteiger charge is 1.90. The molecule has 0 radical (unpaired) electrons. The van der Waals surface area contributed by atoms with Crippen LogP contribution in [0.25, 0.3) is 6.08 Å². The number of benzene rings is 1. The number of allylic oxidation sites excluding steroid dienone is 1. The zero-order chi connectivity index (χ0) is 12.6. The molecule has 0 unspecified atom stereocenters. The van der Waals surface area contributed by atoms with Gasteiger partial charge in [-0.1, -0.05) is 42.5 Å². The monoisotopic (exact) mass is 233 g/mol. The minimum absolute atomic E-state index is 0.232. The smallest absolute Gasteiger partial charge is 0.229 e. The number of rotatable bonds is 2. The fourth-order valence-corrected chi connectivity index (χ4v) is 1.34. The summed E-state index contributed by atoms with van der Waals surface area (Å²) in [5.41, 5.74) is 1.57. The van der Waals surface area contributed by atoms with Gasteiger partial charge in [0.25, 0.3) is 0 Å². The van der Waals surface area contributed by atoms with Crippen LogP contribution in [0.15, 0.2) is 60.8 Å². The van der Waals surface area contributed by atoms with Gasteiger partial charge < -0.3 is 0 Å². The lowest BCUT2D eigenvalue weighted by Gasteiger charge is -1.88. The summed E-state index contributed by atoms with van der Waals surface area (Å²) < 4.78 is 0. The van der Waals surface area contributed by atoms with Crippen molar-refractivity contribution in [2.24, 2.45) is 0 Å². The summed E-state index contributed by atoms with van der Waals surface area (Å²) in [6, 6.07) is 15.0. The molecule has 2 heteroatoms. The molecule has 2 rings (SSSR count). The zero-order valence-electron chi connectivity index (χ0n) is 9.71. The van der Waals surface area contributed by atoms with Gasteiger partial charge in [-0.15, -0.1) is 0 Å². The van der Waals surface area contributed by atoms with Crippen LogP contribution in [-0.2, 0) is 4.79 Å². The number of carbonyl (C=O) groups excluding carboxylic acids is 1. The molecule has 0 aliphatic carbocycles. The van der Waals surface area contributed by atoms with Gasteiger partial charge in [0.05, 0.1) is 0 Å². The highest BCUT2D eigenvalue weighted by atomic mass is 16.1. The minimum atomic E-state index is -0.232. The average Bonchev–Trinajstić information content (AvgIpc) is 2.45. The summed E-state index contributed by atoms with van der Waals surface area (Å²) in [5, 5.41) is 0. The average molecular weight is 233 g/mol. The molecule has 86 valence electrons. The summed E-state index contributed by atoms with van der Waals surface area (Å²) in [6.45, 7) is 0. The van der Waals surface area contributed by atoms with E-state index in [0.29, 0.717) is 5.69 Å². The van der Waals surface area contributed by atoms with Crippen LogP contribution >= 0.6 is 0 Å². The van der Waals surface area contributed by atoms with Gasteiger partial charge in [-0.05, 0) is 35.6 Å². The first-order valence-electron chi connectivity index (χ1n) is 5.55. The molecule has 2 aromatic rings. The Labute approximate surface area is 106 Å². The normalized spacial score (nSPS) is 9.78. The van der Waals surface area contributed by atoms with Crippen molar-refractivity contribution in [3.63, 3.8) is 0 Å². The van der Waals surface area contributed by atoms with Crippen molar-refractivity contribution in [1.29, 1.82) is 0 Å². The summed E-state index contributed by atoms with van der Waals surface area (Å²) in [5.74, 6) is 5.02. The summed E-state index contributed by atoms with van der Waals surface area (Å²) in [6.07, 6.45) is 4.86. The third-order valence-electron chi connectivity index (χ3n) is 2.21. The quantitative estimate of drug-likeness (QED) is 0.589. The predicted molar refractivity (Wildman–Crippen MR) is 71.6 cm³/mol. The van der Waals surface area contributed by atoms with Crippen LogP contribution < -0.4 is 0 Å². The van der Waals surface area contributed by atoms with Crippen LogP contribution in [0, 0.1) is 11.8 Å². The van der Waals surface area contributed by atoms with Gasteiger partial charge in [0.2, 0.25) is 5.78 Å². The fraction of sp³-hybridized carbons (Fsp3) is 0. The van der Waals surface area contributed by atoms with Crippen LogP contribution in [0.3, 0.4) is 0 Å². The molecule has 2 nitrogen and oxygen atoms in total. The maximum Gasteiger partial charge on any atom is 0.229 e. The largest absolute Gasteiger partial charge is 0.280 e. The molecule has 0 atom stereocenters. The van der Waals surface area contributed by atoms with Crippen LogP contribution in [0.4, 0.5) is 0 Å². The molecule has 0 spiro atoms. The number of aromatic nitrogens is 1. The molecular formula is C16H11NO. The van der Waals surface area contributed by atoms with E-state index in [1.54, 1.807) is 18.3 Å². The molecule has 0 amide bonds. The number of hydrogen-bond donors (Lipinski definition) is 0. The van der Waals surface area contributed by atoms with E-state index in [9.17, 15) is 4.79 Å². The van der Waals surface area contributed by atoms with Crippen molar-refractivity contribution >= 4 is 11.9 Å². The third-order valence-corrected chi connectivity index (χ3v) is 2.21. The highest BCUT2D eigenvalue weighted by molar-refractivity contribution is 6.06. The summed E-state index contributed by atoms with van der Waals surface area (Å²) in [4.78, 5) is 15.5. The van der Waals surface area contributed by atoms with Gasteiger partial charge in [0.1, 0.15) is 5.69 Å². The molecule has 0 bridgehead atoms. The maximum absolute atomic E-state index is 11.5. The van der Waals surface area contributed by atoms with E-state index >= 15 is 0 Å². The van der Waals surface area contributed by atoms with Crippen molar-refractivity contribution in [3.05, 3.63) is 72.1 Å². The lowest BCUT2D eigenvalue weighted by molar-refractivity contribution is -0.109. The van der Waals surface area contributed by atoms with E-state index in [1.807, 2.05) is 42.5 Å². The summed E-state index contributed by atoms with van der Waals surface area (Å²) >= 11 is 0. The van der Waals surface area contributed by atoms with E-state index in [0.717, 1.165) is 5.56 Å². The highest BCUT2D eigenvalue weighted by Crippen LogP contribution is 2.00. The lowest BCUT2D eigenvalue weighted by atomic mass is 10.2. The Morgan fingerprint density at radius 3 is 2.56 bits per heavy atom. The van der Waals surface area contributed by atoms with Gasteiger partial charge in [-0.25, -0.2) is 4.98 Å². The maximum atomic E-state index is 11.5. The van der Waals surface area contributed by atoms with E-state index in [2.05, 4.69) is 16.8 Å². The SMILES string of the molecule is O=C(C#Cc1ccccn1)/C=C/c1ccccc1. The first-order valence-corrected chi connectivity index (χ1v) is 5.55. The standard InChI is InChI=1S/C16H11NO/c18-16(11-9-14-6-2-1-3-7-14)12-10-15-8-4-5-13-17-15/h1-9,11,13H/b11-9+. The first kappa shape index (κ1) is 11.8. The molecule has 1 aromatic heterocycles. The zero-order valence-corrected chi connectivity index (χ0v) is 9.71. The van der Waals surface area contributed by atoms with E-state index in [1.165, 1.54) is 6.08 Å². The molecule has 0 saturated carbocycles. The van der Waals surface area contributed by atoms with Crippen LogP contribution in [-0.4, -0.2) is 10.8 Å². The van der Waals surface area contributed by atoms with E-state index in [4.69, 9.17) is 0 Å². The number of ketones is 1. The van der Waals surface area contributed by atoms with Gasteiger partial charge in [0, 0.05) is 6.20 Å². The van der Waals surface area contributed by atoms with Gasteiger partial charge in [-0.3, -0.25) is 4.79 Å². The van der Waals surface area contributed by atoms with Gasteiger partial charge >= 0.3 is 0 Å². The Balaban J connectivity index is 2.02. The van der Waals surface area contributed by atoms with Crippen LogP contribution in [0.1, 0.15) is 11.3 Å². The Morgan fingerprint density at radius 2 is 1.83 bits per heavy atom. The lowest BCUT2D eigenvalue weighted by Crippen LogP contribution is -1.87. The molecule has 0 saturated heterocycles. The number of nitrogens with zero attached hydrogens (tertiary/aromatic N) is 1. The number of hydrogen-bond acceptors (Lipinski definition) is 2.